The molecule has 0 amide bonds. The first-order valence-electron chi connectivity index (χ1n) is 30.7. The van der Waals surface area contributed by atoms with Crippen molar-refractivity contribution in [2.45, 2.75) is 354 Å². The van der Waals surface area contributed by atoms with E-state index in [1.165, 1.54) is 244 Å². The number of hydrogen-bond acceptors (Lipinski definition) is 6. The van der Waals surface area contributed by atoms with Crippen LogP contribution in [0.1, 0.15) is 348 Å². The van der Waals surface area contributed by atoms with Gasteiger partial charge in [0.2, 0.25) is 0 Å². The number of unbranched alkanes of at least 4 members (excludes halogenated alkanes) is 44. The van der Waals surface area contributed by atoms with Crippen LogP contribution in [0.5, 0.6) is 0 Å². The van der Waals surface area contributed by atoms with Crippen LogP contribution in [0, 0.1) is 0 Å². The summed E-state index contributed by atoms with van der Waals surface area (Å²) in [6.07, 6.45) is 66.4. The molecule has 0 rings (SSSR count). The summed E-state index contributed by atoms with van der Waals surface area (Å²) in [6, 6.07) is 0. The van der Waals surface area contributed by atoms with Crippen LogP contribution in [0.2, 0.25) is 0 Å². The molecule has 6 nitrogen and oxygen atoms in total. The lowest BCUT2D eigenvalue weighted by Crippen LogP contribution is -2.30. The van der Waals surface area contributed by atoms with Crippen LogP contribution in [-0.4, -0.2) is 37.2 Å². The fourth-order valence-electron chi connectivity index (χ4n) is 9.38. The Morgan fingerprint density at radius 2 is 0.485 bits per heavy atom. The van der Waals surface area contributed by atoms with Gasteiger partial charge in [0.05, 0.1) is 0 Å². The van der Waals surface area contributed by atoms with Gasteiger partial charge < -0.3 is 14.2 Å². The smallest absolute Gasteiger partial charge is 0.306 e. The first-order valence-corrected chi connectivity index (χ1v) is 30.7. The van der Waals surface area contributed by atoms with Crippen molar-refractivity contribution in [1.82, 2.24) is 0 Å². The van der Waals surface area contributed by atoms with E-state index in [0.29, 0.717) is 19.3 Å². The summed E-state index contributed by atoms with van der Waals surface area (Å²) < 4.78 is 16.9. The third kappa shape index (κ3) is 55.1. The van der Waals surface area contributed by atoms with Crippen molar-refractivity contribution in [2.75, 3.05) is 13.2 Å². The zero-order chi connectivity index (χ0) is 49.3. The molecule has 0 heterocycles. The summed E-state index contributed by atoms with van der Waals surface area (Å²) >= 11 is 0. The molecule has 68 heavy (non-hydrogen) atoms. The first-order chi connectivity index (χ1) is 33.5. The number of hydrogen-bond donors (Lipinski definition) is 0. The minimum atomic E-state index is -0.768. The van der Waals surface area contributed by atoms with E-state index >= 15 is 0 Å². The highest BCUT2D eigenvalue weighted by atomic mass is 16.6. The van der Waals surface area contributed by atoms with Crippen molar-refractivity contribution in [1.29, 1.82) is 0 Å². The molecule has 0 aliphatic heterocycles. The predicted molar refractivity (Wildman–Crippen MR) is 293 cm³/mol. The Morgan fingerprint density at radius 3 is 0.735 bits per heavy atom. The molecule has 0 aromatic carbocycles. The maximum absolute atomic E-state index is 12.9. The van der Waals surface area contributed by atoms with E-state index in [4.69, 9.17) is 14.2 Å². The largest absolute Gasteiger partial charge is 0.462 e. The molecule has 1 unspecified atom stereocenters. The molecule has 0 aliphatic carbocycles. The molecule has 0 aliphatic rings. The van der Waals surface area contributed by atoms with Gasteiger partial charge in [0.25, 0.3) is 0 Å². The zero-order valence-electron chi connectivity index (χ0n) is 46.2. The Balaban J connectivity index is 4.30. The first kappa shape index (κ1) is 66.2. The Kier molecular flexibility index (Phi) is 56.2. The molecule has 1 atom stereocenters. The zero-order valence-corrected chi connectivity index (χ0v) is 46.2. The van der Waals surface area contributed by atoms with Crippen LogP contribution in [0.25, 0.3) is 0 Å². The van der Waals surface area contributed by atoms with Gasteiger partial charge >= 0.3 is 17.9 Å². The SMILES string of the molecule is CCCCCCC/C=C\CCCCCCCC(=O)OCC(COC(=O)CCCCCCCCCCCCCCCCCCCC)OC(=O)CCCCCCCCCCCCCCCCCCCC. The Morgan fingerprint density at radius 1 is 0.279 bits per heavy atom. The van der Waals surface area contributed by atoms with Gasteiger partial charge in [0, 0.05) is 19.3 Å². The molecule has 0 aromatic rings. The van der Waals surface area contributed by atoms with E-state index in [1.807, 2.05) is 0 Å². The van der Waals surface area contributed by atoms with Crippen LogP contribution in [0.3, 0.4) is 0 Å². The molecular formula is C62H118O6. The van der Waals surface area contributed by atoms with Gasteiger partial charge in [0.1, 0.15) is 13.2 Å². The quantitative estimate of drug-likeness (QED) is 0.0262. The molecule has 0 saturated carbocycles. The minimum Gasteiger partial charge on any atom is -0.462 e. The minimum absolute atomic E-state index is 0.0661. The number of allylic oxidation sites excluding steroid dienone is 2. The van der Waals surface area contributed by atoms with E-state index in [9.17, 15) is 14.4 Å². The van der Waals surface area contributed by atoms with Crippen LogP contribution in [-0.2, 0) is 28.6 Å². The average Bonchev–Trinajstić information content (AvgIpc) is 3.34. The van der Waals surface area contributed by atoms with Crippen molar-refractivity contribution in [3.8, 4) is 0 Å². The fraction of sp³-hybridized carbons (Fsp3) is 0.919. The Hall–Kier alpha value is -1.85. The van der Waals surface area contributed by atoms with Gasteiger partial charge in [-0.05, 0) is 44.9 Å². The van der Waals surface area contributed by atoms with Gasteiger partial charge in [0.15, 0.2) is 6.10 Å². The van der Waals surface area contributed by atoms with Crippen molar-refractivity contribution in [2.24, 2.45) is 0 Å². The lowest BCUT2D eigenvalue weighted by Gasteiger charge is -2.18. The third-order valence-electron chi connectivity index (χ3n) is 14.0. The average molecular weight is 960 g/mol. The third-order valence-corrected chi connectivity index (χ3v) is 14.0. The molecule has 6 heteroatoms. The number of ether oxygens (including phenoxy) is 3. The Bertz CT molecular complexity index is 1060. The van der Waals surface area contributed by atoms with E-state index in [1.54, 1.807) is 0 Å². The van der Waals surface area contributed by atoms with Crippen molar-refractivity contribution < 1.29 is 28.6 Å². The Labute approximate surface area is 424 Å². The fourth-order valence-corrected chi connectivity index (χ4v) is 9.38. The van der Waals surface area contributed by atoms with Crippen molar-refractivity contribution >= 4 is 17.9 Å². The maximum Gasteiger partial charge on any atom is 0.306 e. The molecule has 0 radical (unpaired) electrons. The summed E-state index contributed by atoms with van der Waals surface area (Å²) in [6.45, 7) is 6.69. The molecule has 0 aromatic heterocycles. The highest BCUT2D eigenvalue weighted by Crippen LogP contribution is 2.18. The highest BCUT2D eigenvalue weighted by molar-refractivity contribution is 5.71. The second-order valence-electron chi connectivity index (χ2n) is 21.0. The molecule has 402 valence electrons. The number of carbonyl (C=O) groups is 3. The summed E-state index contributed by atoms with van der Waals surface area (Å²) in [5, 5.41) is 0. The van der Waals surface area contributed by atoms with Crippen molar-refractivity contribution in [3.05, 3.63) is 12.2 Å². The second-order valence-corrected chi connectivity index (χ2v) is 21.0. The van der Waals surface area contributed by atoms with E-state index in [2.05, 4.69) is 32.9 Å². The molecule has 0 spiro atoms. The summed E-state index contributed by atoms with van der Waals surface area (Å²) in [5.41, 5.74) is 0. The van der Waals surface area contributed by atoms with Crippen LogP contribution in [0.4, 0.5) is 0 Å². The predicted octanol–water partition coefficient (Wildman–Crippen LogP) is 20.5. The molecular weight excluding hydrogens is 841 g/mol. The molecule has 0 saturated heterocycles. The number of carbonyl (C=O) groups excluding carboxylic acids is 3. The van der Waals surface area contributed by atoms with E-state index in [0.717, 1.165) is 64.2 Å². The topological polar surface area (TPSA) is 78.9 Å². The van der Waals surface area contributed by atoms with Gasteiger partial charge in [-0.3, -0.25) is 14.4 Å². The van der Waals surface area contributed by atoms with Gasteiger partial charge in [-0.25, -0.2) is 0 Å². The van der Waals surface area contributed by atoms with E-state index in [-0.39, 0.29) is 31.1 Å². The van der Waals surface area contributed by atoms with Gasteiger partial charge in [-0.2, -0.15) is 0 Å². The standard InChI is InChI=1S/C62H118O6/c1-4-7-10-13-16-19-22-25-28-30-32-34-37-40-43-46-49-52-55-61(64)67-58-59(57-66-60(63)54-51-48-45-42-39-36-27-24-21-18-15-12-9-6-3)68-62(65)56-53-50-47-44-41-38-35-33-31-29-26-23-20-17-14-11-8-5-2/h24,27,59H,4-23,25-26,28-58H2,1-3H3/b27-24-. The second kappa shape index (κ2) is 57.7. The molecule has 0 N–H and O–H groups in total. The molecule has 0 fully saturated rings. The van der Waals surface area contributed by atoms with Gasteiger partial charge in [-0.15, -0.1) is 0 Å². The summed E-state index contributed by atoms with van der Waals surface area (Å²) in [7, 11) is 0. The van der Waals surface area contributed by atoms with Gasteiger partial charge in [-0.1, -0.05) is 296 Å². The maximum atomic E-state index is 12.9. The summed E-state index contributed by atoms with van der Waals surface area (Å²) in [5.74, 6) is -0.847. The summed E-state index contributed by atoms with van der Waals surface area (Å²) in [4.78, 5) is 38.2. The lowest BCUT2D eigenvalue weighted by atomic mass is 10.0. The number of rotatable bonds is 57. The van der Waals surface area contributed by atoms with E-state index < -0.39 is 6.10 Å². The normalized spacial score (nSPS) is 12.0. The highest BCUT2D eigenvalue weighted by Gasteiger charge is 2.19. The van der Waals surface area contributed by atoms with Crippen LogP contribution in [0.15, 0.2) is 12.2 Å². The lowest BCUT2D eigenvalue weighted by molar-refractivity contribution is -0.167. The monoisotopic (exact) mass is 959 g/mol. The van der Waals surface area contributed by atoms with Crippen molar-refractivity contribution in [3.63, 3.8) is 0 Å². The molecule has 0 bridgehead atoms. The van der Waals surface area contributed by atoms with Crippen LogP contribution >= 0.6 is 0 Å². The number of esters is 3. The van der Waals surface area contributed by atoms with Crippen LogP contribution < -0.4 is 0 Å².